The van der Waals surface area contributed by atoms with Gasteiger partial charge in [-0.2, -0.15) is 0 Å². The maximum Gasteiger partial charge on any atom is 0.236 e. The molecular weight excluding hydrogens is 256 g/mol. The zero-order valence-corrected chi connectivity index (χ0v) is 12.3. The second-order valence-corrected chi connectivity index (χ2v) is 6.46. The van der Waals surface area contributed by atoms with Crippen molar-refractivity contribution in [2.75, 3.05) is 26.2 Å². The first-order valence-electron chi connectivity index (χ1n) is 7.96. The number of likely N-dealkylation sites (tertiary alicyclic amines) is 1. The predicted molar refractivity (Wildman–Crippen MR) is 75.3 cm³/mol. The van der Waals surface area contributed by atoms with Gasteiger partial charge in [0, 0.05) is 37.6 Å². The molecule has 20 heavy (non-hydrogen) atoms. The summed E-state index contributed by atoms with van der Waals surface area (Å²) in [4.78, 5) is 14.0. The van der Waals surface area contributed by atoms with E-state index in [9.17, 15) is 9.90 Å². The molecule has 0 bridgehead atoms. The Morgan fingerprint density at radius 1 is 1.40 bits per heavy atom. The number of amides is 1. The van der Waals surface area contributed by atoms with E-state index in [0.717, 1.165) is 32.4 Å². The second kappa shape index (κ2) is 5.62. The molecule has 5 heteroatoms. The Hall–Kier alpha value is -0.650. The summed E-state index contributed by atoms with van der Waals surface area (Å²) in [6.07, 6.45) is 4.84. The first kappa shape index (κ1) is 14.3. The van der Waals surface area contributed by atoms with Gasteiger partial charge in [0.2, 0.25) is 5.91 Å². The van der Waals surface area contributed by atoms with Gasteiger partial charge in [-0.25, -0.2) is 0 Å². The average molecular weight is 282 g/mol. The molecule has 2 unspecified atom stereocenters. The monoisotopic (exact) mass is 282 g/mol. The largest absolute Gasteiger partial charge is 0.392 e. The number of nitrogens with one attached hydrogen (secondary N) is 1. The molecule has 3 fully saturated rings. The number of carbonyl (C=O) groups excluding carboxylic acids is 1. The third-order valence-electron chi connectivity index (χ3n) is 5.28. The van der Waals surface area contributed by atoms with Crippen molar-refractivity contribution in [2.45, 2.75) is 57.3 Å². The number of aliphatic hydroxyl groups is 1. The third-order valence-corrected chi connectivity index (χ3v) is 5.28. The molecule has 2 atom stereocenters. The topological polar surface area (TPSA) is 61.8 Å². The van der Waals surface area contributed by atoms with E-state index < -0.39 is 0 Å². The van der Waals surface area contributed by atoms with Crippen molar-refractivity contribution in [3.05, 3.63) is 0 Å². The molecule has 1 saturated heterocycles. The van der Waals surface area contributed by atoms with E-state index >= 15 is 0 Å². The third kappa shape index (κ3) is 2.59. The van der Waals surface area contributed by atoms with Gasteiger partial charge >= 0.3 is 0 Å². The Morgan fingerprint density at radius 3 is 2.65 bits per heavy atom. The summed E-state index contributed by atoms with van der Waals surface area (Å²) < 4.78 is 5.75. The van der Waals surface area contributed by atoms with Crippen LogP contribution in [-0.4, -0.2) is 60.4 Å². The van der Waals surface area contributed by atoms with Gasteiger partial charge in [-0.1, -0.05) is 0 Å². The van der Waals surface area contributed by atoms with Crippen LogP contribution in [0.2, 0.25) is 0 Å². The van der Waals surface area contributed by atoms with Crippen molar-refractivity contribution >= 4 is 5.91 Å². The lowest BCUT2D eigenvalue weighted by molar-refractivity contribution is -0.209. The van der Waals surface area contributed by atoms with Crippen LogP contribution < -0.4 is 5.32 Å². The predicted octanol–water partition coefficient (Wildman–Crippen LogP) is 0.517. The summed E-state index contributed by atoms with van der Waals surface area (Å²) in [6, 6.07) is 0.575. The molecule has 0 aromatic carbocycles. The van der Waals surface area contributed by atoms with Gasteiger partial charge in [-0.15, -0.1) is 0 Å². The first-order chi connectivity index (χ1) is 9.65. The van der Waals surface area contributed by atoms with E-state index in [1.165, 1.54) is 12.8 Å². The smallest absolute Gasteiger partial charge is 0.236 e. The van der Waals surface area contributed by atoms with Crippen molar-refractivity contribution in [3.63, 3.8) is 0 Å². The molecular formula is C15H26N2O3. The van der Waals surface area contributed by atoms with E-state index in [1.54, 1.807) is 0 Å². The highest BCUT2D eigenvalue weighted by Crippen LogP contribution is 2.50. The maximum absolute atomic E-state index is 12.1. The van der Waals surface area contributed by atoms with E-state index in [0.29, 0.717) is 19.2 Å². The number of carbonyl (C=O) groups is 1. The van der Waals surface area contributed by atoms with Gasteiger partial charge in [-0.05, 0) is 32.6 Å². The maximum atomic E-state index is 12.1. The molecule has 3 rings (SSSR count). The molecule has 1 aliphatic heterocycles. The molecule has 0 aromatic heterocycles. The summed E-state index contributed by atoms with van der Waals surface area (Å²) in [5.74, 6) is 0.202. The minimum absolute atomic E-state index is 0.0866. The van der Waals surface area contributed by atoms with Crippen molar-refractivity contribution in [1.82, 2.24) is 10.2 Å². The number of ether oxygens (including phenoxy) is 1. The summed E-state index contributed by atoms with van der Waals surface area (Å²) in [7, 11) is 0. The Labute approximate surface area is 120 Å². The molecule has 2 aliphatic carbocycles. The van der Waals surface area contributed by atoms with Crippen LogP contribution in [-0.2, 0) is 9.53 Å². The van der Waals surface area contributed by atoms with E-state index in [2.05, 4.69) is 5.32 Å². The van der Waals surface area contributed by atoms with Crippen LogP contribution in [0, 0.1) is 5.41 Å². The van der Waals surface area contributed by atoms with Crippen LogP contribution in [0.25, 0.3) is 0 Å². The number of hydrogen-bond acceptors (Lipinski definition) is 4. The molecule has 5 nitrogen and oxygen atoms in total. The zero-order valence-electron chi connectivity index (χ0n) is 12.3. The van der Waals surface area contributed by atoms with Crippen LogP contribution in [0.5, 0.6) is 0 Å². The molecule has 1 spiro atoms. The highest BCUT2D eigenvalue weighted by Gasteiger charge is 2.56. The first-order valence-corrected chi connectivity index (χ1v) is 7.96. The number of hydrogen-bond donors (Lipinski definition) is 2. The van der Waals surface area contributed by atoms with Gasteiger partial charge in [0.15, 0.2) is 0 Å². The highest BCUT2D eigenvalue weighted by atomic mass is 16.5. The minimum Gasteiger partial charge on any atom is -0.392 e. The molecule has 1 amide bonds. The fourth-order valence-corrected chi connectivity index (χ4v) is 3.62. The van der Waals surface area contributed by atoms with Crippen molar-refractivity contribution in [1.29, 1.82) is 0 Å². The summed E-state index contributed by atoms with van der Waals surface area (Å²) in [5.41, 5.74) is -0.0866. The van der Waals surface area contributed by atoms with Crippen LogP contribution in [0.4, 0.5) is 0 Å². The zero-order chi connectivity index (χ0) is 14.2. The van der Waals surface area contributed by atoms with Gasteiger partial charge in [-0.3, -0.25) is 4.79 Å². The van der Waals surface area contributed by atoms with Crippen molar-refractivity contribution < 1.29 is 14.6 Å². The lowest BCUT2D eigenvalue weighted by Crippen LogP contribution is -2.63. The fraction of sp³-hybridized carbons (Fsp3) is 0.933. The molecule has 114 valence electrons. The van der Waals surface area contributed by atoms with Crippen LogP contribution in [0.3, 0.4) is 0 Å². The number of piperidine rings is 1. The van der Waals surface area contributed by atoms with E-state index in [1.807, 2.05) is 11.8 Å². The Bertz CT molecular complexity index is 360. The number of rotatable bonds is 5. The van der Waals surface area contributed by atoms with E-state index in [4.69, 9.17) is 4.74 Å². The Kier molecular flexibility index (Phi) is 4.02. The number of nitrogens with zero attached hydrogens (tertiary/aromatic N) is 1. The van der Waals surface area contributed by atoms with Crippen molar-refractivity contribution in [2.24, 2.45) is 5.41 Å². The quantitative estimate of drug-likeness (QED) is 0.771. The van der Waals surface area contributed by atoms with Crippen LogP contribution in [0.15, 0.2) is 0 Å². The Balaban J connectivity index is 1.49. The van der Waals surface area contributed by atoms with Gasteiger partial charge in [0.05, 0.1) is 18.8 Å². The van der Waals surface area contributed by atoms with Gasteiger partial charge in [0.25, 0.3) is 0 Å². The number of aliphatic hydroxyl groups excluding tert-OH is 1. The highest BCUT2D eigenvalue weighted by molar-refractivity contribution is 5.78. The summed E-state index contributed by atoms with van der Waals surface area (Å²) in [6.45, 7) is 4.68. The summed E-state index contributed by atoms with van der Waals surface area (Å²) >= 11 is 0. The SMILES string of the molecule is CCOC1CC(O)C12CCN(C(=O)CNC1CC1)CC2. The van der Waals surface area contributed by atoms with Gasteiger partial charge < -0.3 is 20.1 Å². The van der Waals surface area contributed by atoms with Crippen LogP contribution in [0.1, 0.15) is 39.0 Å². The normalized spacial score (nSPS) is 32.2. The molecule has 0 aromatic rings. The molecule has 2 N–H and O–H groups in total. The molecule has 2 saturated carbocycles. The van der Waals surface area contributed by atoms with Gasteiger partial charge in [0.1, 0.15) is 0 Å². The molecule has 3 aliphatic rings. The average Bonchev–Trinajstić information content (AvgIpc) is 3.29. The lowest BCUT2D eigenvalue weighted by atomic mass is 9.58. The molecule has 1 heterocycles. The molecule has 0 radical (unpaired) electrons. The Morgan fingerprint density at radius 2 is 2.10 bits per heavy atom. The lowest BCUT2D eigenvalue weighted by Gasteiger charge is -2.56. The minimum atomic E-state index is -0.249. The van der Waals surface area contributed by atoms with Crippen molar-refractivity contribution in [3.8, 4) is 0 Å². The second-order valence-electron chi connectivity index (χ2n) is 6.46. The van der Waals surface area contributed by atoms with E-state index in [-0.39, 0.29) is 23.5 Å². The van der Waals surface area contributed by atoms with Crippen LogP contribution >= 0.6 is 0 Å². The standard InChI is InChI=1S/C15H26N2O3/c1-2-20-13-9-12(18)15(13)5-7-17(8-6-15)14(19)10-16-11-3-4-11/h11-13,16,18H,2-10H2,1H3. The fourth-order valence-electron chi connectivity index (χ4n) is 3.62. The summed E-state index contributed by atoms with van der Waals surface area (Å²) in [5, 5.41) is 13.4.